The summed E-state index contributed by atoms with van der Waals surface area (Å²) in [5, 5.41) is 24.4. The number of aromatic amines is 1. The molecule has 0 radical (unpaired) electrons. The van der Waals surface area contributed by atoms with Crippen molar-refractivity contribution in [2.24, 2.45) is 0 Å². The topological polar surface area (TPSA) is 150 Å². The van der Waals surface area contributed by atoms with E-state index >= 15 is 0 Å². The molecule has 3 heterocycles. The molecule has 0 saturated heterocycles. The second kappa shape index (κ2) is 12.7. The second-order valence-corrected chi connectivity index (χ2v) is 9.01. The van der Waals surface area contributed by atoms with Gasteiger partial charge in [0.2, 0.25) is 0 Å². The zero-order valence-electron chi connectivity index (χ0n) is 22.1. The van der Waals surface area contributed by atoms with Crippen LogP contribution in [0.3, 0.4) is 0 Å². The van der Waals surface area contributed by atoms with Crippen molar-refractivity contribution in [2.45, 2.75) is 24.8 Å². The molecule has 226 valence electrons. The van der Waals surface area contributed by atoms with E-state index in [0.717, 1.165) is 23.1 Å². The number of alkyl halides is 6. The quantitative estimate of drug-likeness (QED) is 0.192. The monoisotopic (exact) mass is 615 g/mol. The van der Waals surface area contributed by atoms with Crippen molar-refractivity contribution in [1.29, 1.82) is 5.26 Å². The number of carboxylic acids is 1. The number of hydrogen-bond acceptors (Lipinski definition) is 6. The number of hydrogen-bond donors (Lipinski definition) is 3. The molecule has 2 aromatic carbocycles. The maximum atomic E-state index is 13.0. The van der Waals surface area contributed by atoms with Crippen LogP contribution < -0.4 is 5.32 Å². The van der Waals surface area contributed by atoms with Gasteiger partial charge in [-0.3, -0.25) is 9.48 Å². The Bertz CT molecular complexity index is 1840. The Morgan fingerprint density at radius 2 is 1.77 bits per heavy atom. The molecule has 1 atom stereocenters. The maximum absolute atomic E-state index is 13.0. The second-order valence-electron chi connectivity index (χ2n) is 9.01. The van der Waals surface area contributed by atoms with Crippen LogP contribution in [0.1, 0.15) is 33.9 Å². The lowest BCUT2D eigenvalue weighted by Gasteiger charge is -2.16. The summed E-state index contributed by atoms with van der Waals surface area (Å²) < 4.78 is 72.4. The van der Waals surface area contributed by atoms with E-state index in [4.69, 9.17) is 9.90 Å². The van der Waals surface area contributed by atoms with Gasteiger partial charge in [0.25, 0.3) is 5.91 Å². The summed E-state index contributed by atoms with van der Waals surface area (Å²) in [6.45, 7) is 0. The highest BCUT2D eigenvalue weighted by atomic mass is 19.4. The number of aliphatic carboxylic acids is 1. The van der Waals surface area contributed by atoms with Gasteiger partial charge in [-0.25, -0.2) is 14.8 Å². The molecule has 16 heteroatoms. The standard InChI is InChI=1S/C26H18F3N7O.C2HF3O2/c27-26(28,29)19-5-2-6-20(12-19)35-25(37)17-4-1-3-16(11-17)22(7-9-30)36-14-18(13-34-36)23-21-8-10-31-24(21)33-15-32-23;3-2(4,5)1(6)7/h1-6,8,10-15,22H,7H2,(H,35,37)(H,31,32,33);(H,6,7). The first-order valence-corrected chi connectivity index (χ1v) is 12.4. The molecule has 0 fully saturated rings. The largest absolute Gasteiger partial charge is 0.490 e. The van der Waals surface area contributed by atoms with Crippen molar-refractivity contribution in [1.82, 2.24) is 24.7 Å². The van der Waals surface area contributed by atoms with Gasteiger partial charge >= 0.3 is 18.3 Å². The first kappa shape index (κ1) is 31.2. The third-order valence-electron chi connectivity index (χ3n) is 6.06. The van der Waals surface area contributed by atoms with E-state index in [0.29, 0.717) is 16.9 Å². The summed E-state index contributed by atoms with van der Waals surface area (Å²) in [4.78, 5) is 33.3. The fourth-order valence-electron chi connectivity index (χ4n) is 4.05. The number of aromatic nitrogens is 5. The molecule has 0 aliphatic rings. The highest BCUT2D eigenvalue weighted by Crippen LogP contribution is 2.31. The first-order valence-electron chi connectivity index (χ1n) is 12.4. The number of carbonyl (C=O) groups excluding carboxylic acids is 1. The zero-order valence-corrected chi connectivity index (χ0v) is 22.1. The third-order valence-corrected chi connectivity index (χ3v) is 6.06. The zero-order chi connectivity index (χ0) is 32.1. The summed E-state index contributed by atoms with van der Waals surface area (Å²) in [5.74, 6) is -3.33. The predicted molar refractivity (Wildman–Crippen MR) is 143 cm³/mol. The van der Waals surface area contributed by atoms with Crippen LogP contribution in [0.2, 0.25) is 0 Å². The van der Waals surface area contributed by atoms with Crippen molar-refractivity contribution < 1.29 is 41.0 Å². The Morgan fingerprint density at radius 1 is 1.05 bits per heavy atom. The lowest BCUT2D eigenvalue weighted by atomic mass is 10.0. The van der Waals surface area contributed by atoms with Crippen LogP contribution in [0, 0.1) is 11.3 Å². The molecule has 0 spiro atoms. The van der Waals surface area contributed by atoms with Crippen LogP contribution in [-0.4, -0.2) is 47.9 Å². The smallest absolute Gasteiger partial charge is 0.475 e. The number of fused-ring (bicyclic) bond motifs is 1. The Morgan fingerprint density at radius 3 is 2.45 bits per heavy atom. The van der Waals surface area contributed by atoms with Gasteiger partial charge in [-0.1, -0.05) is 18.2 Å². The van der Waals surface area contributed by atoms with Crippen LogP contribution in [0.15, 0.2) is 79.5 Å². The Hall–Kier alpha value is -5.72. The normalized spacial score (nSPS) is 12.1. The van der Waals surface area contributed by atoms with Gasteiger partial charge in [-0.2, -0.15) is 36.7 Å². The average Bonchev–Trinajstić information content (AvgIpc) is 3.66. The molecule has 0 aliphatic carbocycles. The molecule has 1 unspecified atom stereocenters. The molecular formula is C28H19F6N7O3. The van der Waals surface area contributed by atoms with Crippen LogP contribution in [0.5, 0.6) is 0 Å². The summed E-state index contributed by atoms with van der Waals surface area (Å²) >= 11 is 0. The minimum atomic E-state index is -5.08. The molecule has 0 aliphatic heterocycles. The average molecular weight is 615 g/mol. The van der Waals surface area contributed by atoms with E-state index in [9.17, 15) is 36.4 Å². The SMILES string of the molecule is N#CCC(c1cccc(C(=O)Nc2cccc(C(F)(F)F)c2)c1)n1cc(-c2ncnc3[nH]ccc23)cn1.O=C(O)C(F)(F)F. The molecule has 3 aromatic heterocycles. The van der Waals surface area contributed by atoms with Gasteiger partial charge in [0.05, 0.1) is 36.0 Å². The number of nitriles is 1. The van der Waals surface area contributed by atoms with Gasteiger partial charge in [-0.15, -0.1) is 0 Å². The molecule has 5 rings (SSSR count). The van der Waals surface area contributed by atoms with Crippen molar-refractivity contribution in [3.8, 4) is 17.3 Å². The summed E-state index contributed by atoms with van der Waals surface area (Å²) in [6, 6.07) is 14.5. The van der Waals surface area contributed by atoms with Gasteiger partial charge in [-0.05, 0) is 42.0 Å². The van der Waals surface area contributed by atoms with Crippen molar-refractivity contribution in [2.75, 3.05) is 5.32 Å². The first-order chi connectivity index (χ1) is 20.8. The van der Waals surface area contributed by atoms with Crippen molar-refractivity contribution in [3.05, 3.63) is 96.2 Å². The van der Waals surface area contributed by atoms with E-state index in [1.165, 1.54) is 18.5 Å². The number of benzene rings is 2. The molecule has 10 nitrogen and oxygen atoms in total. The number of carbonyl (C=O) groups is 2. The number of anilines is 1. The predicted octanol–water partition coefficient (Wildman–Crippen LogP) is 6.23. The number of carboxylic acid groups (broad SMARTS) is 1. The van der Waals surface area contributed by atoms with Gasteiger partial charge in [0.1, 0.15) is 12.0 Å². The Labute approximate surface area is 243 Å². The van der Waals surface area contributed by atoms with Crippen LogP contribution in [0.25, 0.3) is 22.3 Å². The van der Waals surface area contributed by atoms with E-state index in [1.807, 2.05) is 6.07 Å². The minimum absolute atomic E-state index is 0.0245. The molecular weight excluding hydrogens is 596 g/mol. The van der Waals surface area contributed by atoms with Gasteiger partial charge in [0.15, 0.2) is 0 Å². The van der Waals surface area contributed by atoms with Crippen LogP contribution in [0.4, 0.5) is 32.0 Å². The Kier molecular flexibility index (Phi) is 8.98. The summed E-state index contributed by atoms with van der Waals surface area (Å²) in [6.07, 6.45) is -2.91. The van der Waals surface area contributed by atoms with Crippen molar-refractivity contribution >= 4 is 28.6 Å². The highest BCUT2D eigenvalue weighted by molar-refractivity contribution is 6.04. The number of H-pyrrole nitrogens is 1. The molecule has 3 N–H and O–H groups in total. The van der Waals surface area contributed by atoms with E-state index in [2.05, 4.69) is 31.4 Å². The minimum Gasteiger partial charge on any atom is -0.475 e. The van der Waals surface area contributed by atoms with Crippen molar-refractivity contribution in [3.63, 3.8) is 0 Å². The molecule has 44 heavy (non-hydrogen) atoms. The number of amides is 1. The molecule has 0 saturated carbocycles. The van der Waals surface area contributed by atoms with Crippen LogP contribution in [-0.2, 0) is 11.0 Å². The molecule has 5 aromatic rings. The number of halogens is 6. The fourth-order valence-corrected chi connectivity index (χ4v) is 4.05. The highest BCUT2D eigenvalue weighted by Gasteiger charge is 2.38. The van der Waals surface area contributed by atoms with Gasteiger partial charge < -0.3 is 15.4 Å². The van der Waals surface area contributed by atoms with E-state index < -0.39 is 35.8 Å². The number of rotatable bonds is 6. The molecule has 0 bridgehead atoms. The number of nitrogens with one attached hydrogen (secondary N) is 2. The fraction of sp³-hybridized carbons (Fsp3) is 0.143. The Balaban J connectivity index is 0.000000566. The van der Waals surface area contributed by atoms with E-state index in [-0.39, 0.29) is 17.7 Å². The third kappa shape index (κ3) is 7.37. The number of nitrogens with zero attached hydrogens (tertiary/aromatic N) is 5. The maximum Gasteiger partial charge on any atom is 0.490 e. The lowest BCUT2D eigenvalue weighted by Crippen LogP contribution is -2.21. The lowest BCUT2D eigenvalue weighted by molar-refractivity contribution is -0.192. The van der Waals surface area contributed by atoms with Gasteiger partial charge in [0, 0.05) is 34.6 Å². The summed E-state index contributed by atoms with van der Waals surface area (Å²) in [7, 11) is 0. The van der Waals surface area contributed by atoms with E-state index in [1.54, 1.807) is 47.5 Å². The summed E-state index contributed by atoms with van der Waals surface area (Å²) in [5.41, 5.74) is 2.14. The molecule has 1 amide bonds. The van der Waals surface area contributed by atoms with Crippen LogP contribution >= 0.6 is 0 Å².